The van der Waals surface area contributed by atoms with E-state index in [0.717, 1.165) is 6.92 Å². The van der Waals surface area contributed by atoms with Crippen LogP contribution < -0.4 is 99.0 Å². The molecule has 32 heteroatoms. The lowest BCUT2D eigenvalue weighted by Gasteiger charge is -2.29. The van der Waals surface area contributed by atoms with Gasteiger partial charge in [-0.1, -0.05) is 27.7 Å². The molecule has 0 aliphatic heterocycles. The molecule has 32 nitrogen and oxygen atoms in total. The summed E-state index contributed by atoms with van der Waals surface area (Å²) in [5.74, 6) is -10.9. The fourth-order valence-corrected chi connectivity index (χ4v) is 7.81. The van der Waals surface area contributed by atoms with E-state index in [1.807, 2.05) is 0 Å². The number of carbonyl (C=O) groups excluding carboxylic acids is 10. The van der Waals surface area contributed by atoms with Gasteiger partial charge in [-0.05, 0) is 129 Å². The number of amides is 10. The molecule has 80 heavy (non-hydrogen) atoms. The third kappa shape index (κ3) is 27.3. The minimum Gasteiger partial charge on any atom is -0.480 e. The average Bonchev–Trinajstić information content (AvgIpc) is 3.37. The zero-order valence-electron chi connectivity index (χ0n) is 46.9. The summed E-state index contributed by atoms with van der Waals surface area (Å²) in [6.45, 7) is 8.63. The van der Waals surface area contributed by atoms with Crippen molar-refractivity contribution in [2.45, 2.75) is 178 Å². The maximum Gasteiger partial charge on any atom is 0.328 e. The van der Waals surface area contributed by atoms with Crippen molar-refractivity contribution in [2.75, 3.05) is 45.8 Å². The summed E-state index contributed by atoms with van der Waals surface area (Å²) < 4.78 is 0. The molecule has 0 aromatic carbocycles. The first-order chi connectivity index (χ1) is 37.6. The minimum atomic E-state index is -1.71. The normalized spacial score (nSPS) is 16.2. The van der Waals surface area contributed by atoms with Gasteiger partial charge in [-0.3, -0.25) is 47.9 Å². The summed E-state index contributed by atoms with van der Waals surface area (Å²) in [7, 11) is 0. The Morgan fingerprint density at radius 2 is 0.525 bits per heavy atom. The van der Waals surface area contributed by atoms with Crippen LogP contribution in [0.4, 0.5) is 0 Å². The molecule has 0 heterocycles. The van der Waals surface area contributed by atoms with Gasteiger partial charge in [0.05, 0.1) is 18.2 Å². The number of nitrogens with one attached hydrogen (secondary N) is 10. The van der Waals surface area contributed by atoms with E-state index >= 15 is 0 Å². The van der Waals surface area contributed by atoms with Crippen LogP contribution in [0.25, 0.3) is 0 Å². The molecule has 0 aromatic heterocycles. The molecule has 0 fully saturated rings. The fraction of sp³-hybridized carbons (Fsp3) is 0.771. The van der Waals surface area contributed by atoms with Gasteiger partial charge in [0, 0.05) is 0 Å². The van der Waals surface area contributed by atoms with Gasteiger partial charge in [-0.25, -0.2) is 4.79 Å². The maximum absolute atomic E-state index is 14.1. The van der Waals surface area contributed by atoms with Crippen molar-refractivity contribution in [3.05, 3.63) is 0 Å². The van der Waals surface area contributed by atoms with Gasteiger partial charge in [0.2, 0.25) is 59.1 Å². The van der Waals surface area contributed by atoms with E-state index in [9.17, 15) is 68.1 Å². The Bertz CT molecular complexity index is 2000. The van der Waals surface area contributed by atoms with Crippen molar-refractivity contribution in [2.24, 2.45) is 57.7 Å². The van der Waals surface area contributed by atoms with Crippen LogP contribution in [0.15, 0.2) is 0 Å². The summed E-state index contributed by atoms with van der Waals surface area (Å²) in [6, 6.07) is -15.4. The van der Waals surface area contributed by atoms with Gasteiger partial charge in [0.1, 0.15) is 54.4 Å². The number of aliphatic hydroxyl groups is 2. The smallest absolute Gasteiger partial charge is 0.328 e. The molecule has 0 spiro atoms. The Kier molecular flexibility index (Phi) is 36.2. The highest BCUT2D eigenvalue weighted by atomic mass is 16.4. The van der Waals surface area contributed by atoms with Crippen LogP contribution in [0.3, 0.4) is 0 Å². The van der Waals surface area contributed by atoms with Gasteiger partial charge >= 0.3 is 5.97 Å². The first-order valence-electron chi connectivity index (χ1n) is 26.9. The average molecular weight is 1150 g/mol. The zero-order chi connectivity index (χ0) is 61.4. The summed E-state index contributed by atoms with van der Waals surface area (Å²) in [6.07, 6.45) is -3.81. The van der Waals surface area contributed by atoms with E-state index in [0.29, 0.717) is 0 Å². The Hall–Kier alpha value is -6.23. The number of aliphatic carboxylic acids is 1. The molecule has 0 saturated carbocycles. The molecular weight excluding hydrogens is 1050 g/mol. The van der Waals surface area contributed by atoms with Crippen LogP contribution in [0.1, 0.15) is 99.3 Å². The number of rotatable bonds is 41. The standard InChI is InChI=1S/C48H94N18O14/c1-23(2)21-34(45(76)61-30(10-17-52)41(72)60-33(13-20-55)44(75)66-37(26(6)68)48(79)80)64-46(77)35(22-24(3)4)63-43(74)31(11-18-53)59-40(71)28(8-15-50)57-39(70)29(9-16-51)58-42(73)32(12-19-54)62-47(78)36(25(5)67)65-38(69)27(56)7-14-49/h23-37,67-68H,7-22,49-56H2,1-6H3,(H,57,70)(H,58,73)(H,59,71)(H,60,72)(H,61,76)(H,62,78)(H,63,74)(H,64,77)(H,65,69)(H,66,75)(H,79,80)/t25-,26-,27+,28+,29+,30+,31+,32+,33+,34+,35-,36+,37+/m1/s1. The van der Waals surface area contributed by atoms with Crippen LogP contribution in [-0.2, 0) is 52.7 Å². The Labute approximate surface area is 466 Å². The predicted octanol–water partition coefficient (Wildman–Crippen LogP) is -9.46. The third-order valence-electron chi connectivity index (χ3n) is 12.1. The highest BCUT2D eigenvalue weighted by Gasteiger charge is 2.37. The SMILES string of the molecule is CC(C)C[C@H](NC(=O)[C@@H](CC(C)C)NC(=O)[C@H](CCN)NC(=O)[C@H](CCN)NC(=O)[C@H](CCN)NC(=O)[C@H](CCN)NC(=O)[C@@H](NC(=O)[C@@H](N)CCN)[C@@H](C)O)C(=O)N[C@@H](CCN)C(=O)N[C@@H](CCN)C(=O)N[C@H](C(=O)O)[C@@H](C)O. The number of carboxylic acids is 1. The van der Waals surface area contributed by atoms with Crippen molar-refractivity contribution in [1.29, 1.82) is 0 Å². The molecule has 0 aliphatic rings. The first kappa shape index (κ1) is 73.8. The molecule has 0 radical (unpaired) electrons. The second kappa shape index (κ2) is 39.2. The summed E-state index contributed by atoms with van der Waals surface area (Å²) in [5.41, 5.74) is 45.9. The highest BCUT2D eigenvalue weighted by molar-refractivity contribution is 5.99. The largest absolute Gasteiger partial charge is 0.480 e. The molecule has 0 aliphatic carbocycles. The van der Waals surface area contributed by atoms with Gasteiger partial charge in [-0.2, -0.15) is 0 Å². The lowest BCUT2D eigenvalue weighted by atomic mass is 9.99. The lowest BCUT2D eigenvalue weighted by molar-refractivity contribution is -0.145. The molecule has 13 atom stereocenters. The molecular formula is C48H94N18O14. The van der Waals surface area contributed by atoms with Crippen LogP contribution in [-0.4, -0.2) is 205 Å². The number of hydrogen-bond acceptors (Lipinski definition) is 21. The van der Waals surface area contributed by atoms with E-state index < -0.39 is 144 Å². The number of hydrogen-bond donors (Lipinski definition) is 21. The van der Waals surface area contributed by atoms with E-state index in [-0.39, 0.29) is 115 Å². The van der Waals surface area contributed by atoms with Crippen molar-refractivity contribution in [3.63, 3.8) is 0 Å². The van der Waals surface area contributed by atoms with E-state index in [2.05, 4.69) is 53.2 Å². The Morgan fingerprint density at radius 1 is 0.312 bits per heavy atom. The summed E-state index contributed by atoms with van der Waals surface area (Å²) in [5, 5.41) is 54.3. The fourth-order valence-electron chi connectivity index (χ4n) is 7.81. The van der Waals surface area contributed by atoms with E-state index in [1.165, 1.54) is 6.92 Å². The summed E-state index contributed by atoms with van der Waals surface area (Å²) in [4.78, 5) is 147. The maximum atomic E-state index is 14.1. The van der Waals surface area contributed by atoms with Gasteiger partial charge in [0.25, 0.3) is 0 Å². The molecule has 460 valence electrons. The molecule has 0 aromatic rings. The molecule has 29 N–H and O–H groups in total. The van der Waals surface area contributed by atoms with E-state index in [4.69, 9.17) is 45.9 Å². The lowest BCUT2D eigenvalue weighted by Crippen LogP contribution is -2.62. The van der Waals surface area contributed by atoms with Gasteiger partial charge < -0.3 is 114 Å². The van der Waals surface area contributed by atoms with Crippen molar-refractivity contribution < 1.29 is 68.1 Å². The second-order valence-corrected chi connectivity index (χ2v) is 20.2. The molecule has 0 unspecified atom stereocenters. The van der Waals surface area contributed by atoms with Crippen LogP contribution >= 0.6 is 0 Å². The number of aliphatic hydroxyl groups excluding tert-OH is 2. The first-order valence-corrected chi connectivity index (χ1v) is 26.9. The topological polar surface area (TPSA) is 577 Å². The van der Waals surface area contributed by atoms with Crippen molar-refractivity contribution in [3.8, 4) is 0 Å². The number of carbonyl (C=O) groups is 11. The van der Waals surface area contributed by atoms with Gasteiger partial charge in [-0.15, -0.1) is 0 Å². The number of nitrogens with two attached hydrogens (primary N) is 8. The Morgan fingerprint density at radius 3 is 0.750 bits per heavy atom. The molecule has 0 rings (SSSR count). The third-order valence-corrected chi connectivity index (χ3v) is 12.1. The van der Waals surface area contributed by atoms with Crippen LogP contribution in [0.2, 0.25) is 0 Å². The zero-order valence-corrected chi connectivity index (χ0v) is 46.9. The quantitative estimate of drug-likeness (QED) is 0.0270. The van der Waals surface area contributed by atoms with Crippen LogP contribution in [0, 0.1) is 11.8 Å². The summed E-state index contributed by atoms with van der Waals surface area (Å²) >= 11 is 0. The van der Waals surface area contributed by atoms with Gasteiger partial charge in [0.15, 0.2) is 6.04 Å². The second-order valence-electron chi connectivity index (χ2n) is 20.2. The van der Waals surface area contributed by atoms with Crippen molar-refractivity contribution >= 4 is 65.0 Å². The minimum absolute atomic E-state index is 0.0229. The highest BCUT2D eigenvalue weighted by Crippen LogP contribution is 2.12. The molecule has 0 bridgehead atoms. The van der Waals surface area contributed by atoms with E-state index in [1.54, 1.807) is 27.7 Å². The van der Waals surface area contributed by atoms with Crippen LogP contribution in [0.5, 0.6) is 0 Å². The molecule has 0 saturated heterocycles. The molecule has 10 amide bonds. The monoisotopic (exact) mass is 1150 g/mol. The van der Waals surface area contributed by atoms with Crippen molar-refractivity contribution in [1.82, 2.24) is 53.2 Å². The predicted molar refractivity (Wildman–Crippen MR) is 293 cm³/mol. The Balaban J connectivity index is 6.47. The number of carboxylic acid groups (broad SMARTS) is 1.